The molecule has 1 aliphatic carbocycles. The van der Waals surface area contributed by atoms with Crippen molar-refractivity contribution in [3.8, 4) is 0 Å². The molecule has 146 valence electrons. The minimum atomic E-state index is -0.598. The molecule has 1 heterocycles. The van der Waals surface area contributed by atoms with E-state index in [0.29, 0.717) is 10.0 Å². The Labute approximate surface area is 166 Å². The largest absolute Gasteiger partial charge is 0.481 e. The molecule has 1 aromatic rings. The van der Waals surface area contributed by atoms with E-state index in [1.165, 1.54) is 6.42 Å². The van der Waals surface area contributed by atoms with Gasteiger partial charge in [0.05, 0.1) is 12.5 Å². The van der Waals surface area contributed by atoms with Crippen molar-refractivity contribution in [2.45, 2.75) is 39.0 Å². The van der Waals surface area contributed by atoms with Crippen LogP contribution >= 0.6 is 23.2 Å². The summed E-state index contributed by atoms with van der Waals surface area (Å²) in [6, 6.07) is 5.45. The second-order valence-electron chi connectivity index (χ2n) is 6.44. The van der Waals surface area contributed by atoms with E-state index in [1.54, 1.807) is 0 Å². The minimum Gasteiger partial charge on any atom is -0.481 e. The molecule has 0 amide bonds. The predicted octanol–water partition coefficient (Wildman–Crippen LogP) is 3.89. The maximum atomic E-state index is 10.5. The molecule has 0 bridgehead atoms. The molecular formula is C19H29Cl2N3O2. The van der Waals surface area contributed by atoms with Crippen LogP contribution < -0.4 is 10.6 Å². The molecule has 0 unspecified atom stereocenters. The number of quaternary nitrogens is 1. The summed E-state index contributed by atoms with van der Waals surface area (Å²) in [7, 11) is 0. The van der Waals surface area contributed by atoms with Crippen molar-refractivity contribution < 1.29 is 15.2 Å². The summed E-state index contributed by atoms with van der Waals surface area (Å²) >= 11 is 12.0. The van der Waals surface area contributed by atoms with Crippen LogP contribution in [0.4, 0.5) is 5.69 Å². The zero-order valence-corrected chi connectivity index (χ0v) is 17.0. The van der Waals surface area contributed by atoms with Crippen LogP contribution in [0.25, 0.3) is 0 Å². The molecule has 5 nitrogen and oxygen atoms in total. The maximum Gasteiger partial charge on any atom is 0.306 e. The summed E-state index contributed by atoms with van der Waals surface area (Å²) in [4.78, 5) is 14.8. The third-order valence-corrected chi connectivity index (χ3v) is 5.41. The molecule has 3 rings (SSSR count). The molecule has 1 aliphatic heterocycles. The molecule has 0 aromatic heterocycles. The lowest BCUT2D eigenvalue weighted by molar-refractivity contribution is -0.447. The molecule has 2 aliphatic rings. The number of hydrogen-bond acceptors (Lipinski definition) is 3. The van der Waals surface area contributed by atoms with Gasteiger partial charge in [-0.1, -0.05) is 42.6 Å². The minimum absolute atomic E-state index is 0. The number of para-hydroxylation sites is 1. The van der Waals surface area contributed by atoms with Crippen LogP contribution in [-0.4, -0.2) is 30.1 Å². The number of carboxylic acid groups (broad SMARTS) is 1. The van der Waals surface area contributed by atoms with Gasteiger partial charge in [0.1, 0.15) is 10.0 Å². The average Bonchev–Trinajstić information content (AvgIpc) is 3.12. The van der Waals surface area contributed by atoms with Crippen molar-refractivity contribution in [1.82, 2.24) is 5.32 Å². The molecule has 26 heavy (non-hydrogen) atoms. The fourth-order valence-corrected chi connectivity index (χ4v) is 3.62. The van der Waals surface area contributed by atoms with Gasteiger partial charge in [0.2, 0.25) is 0 Å². The van der Waals surface area contributed by atoms with Crippen molar-refractivity contribution in [3.05, 3.63) is 35.7 Å². The number of nitrogens with two attached hydrogens (primary N) is 1. The molecule has 1 fully saturated rings. The summed E-state index contributed by atoms with van der Waals surface area (Å²) < 4.78 is 0. The van der Waals surface area contributed by atoms with Gasteiger partial charge in [-0.2, -0.15) is 0 Å². The van der Waals surface area contributed by atoms with Crippen molar-refractivity contribution in [2.75, 3.05) is 13.1 Å². The normalized spacial score (nSPS) is 21.6. The molecular weight excluding hydrogens is 373 g/mol. The Bertz CT molecular complexity index is 595. The fourth-order valence-electron chi connectivity index (χ4n) is 3.12. The summed E-state index contributed by atoms with van der Waals surface area (Å²) in [5, 5.41) is 15.0. The van der Waals surface area contributed by atoms with Gasteiger partial charge in [-0.05, 0) is 43.7 Å². The second-order valence-corrected chi connectivity index (χ2v) is 7.25. The fraction of sp³-hybridized carbons (Fsp3) is 0.526. The number of aliphatic carboxylic acids is 1. The first-order valence-electron chi connectivity index (χ1n) is 8.81. The van der Waals surface area contributed by atoms with E-state index in [1.807, 2.05) is 23.5 Å². The first-order valence-corrected chi connectivity index (χ1v) is 9.56. The number of halogens is 2. The number of nitrogens with zero attached hydrogens (tertiary/aromatic N) is 1. The van der Waals surface area contributed by atoms with E-state index in [4.69, 9.17) is 28.3 Å². The van der Waals surface area contributed by atoms with E-state index in [0.717, 1.165) is 56.3 Å². The Kier molecular flexibility index (Phi) is 9.99. The Hall–Kier alpha value is -1.30. The standard InChI is InChI=1S/C9H9Cl2N3.C9H16O2.CH3/c10-6-2-1-3-7(11)8(6)14-9-12-4-5-13-9;1-2-7-3-5-8(6-4-7)9(10)11;/h1-3H,4-5H2,(H2,12,13,14);7-8H,2-6H2,1H3,(H,10,11);1H3/q;;-1/p+1. The number of carbonyl (C=O) groups is 1. The zero-order chi connectivity index (χ0) is 18.2. The molecule has 0 radical (unpaired) electrons. The van der Waals surface area contributed by atoms with Crippen molar-refractivity contribution in [1.29, 1.82) is 0 Å². The Balaban J connectivity index is 0.000000258. The van der Waals surface area contributed by atoms with Gasteiger partial charge in [-0.3, -0.25) is 4.79 Å². The first-order chi connectivity index (χ1) is 12.0. The maximum absolute atomic E-state index is 10.5. The van der Waals surface area contributed by atoms with E-state index in [2.05, 4.69) is 17.2 Å². The van der Waals surface area contributed by atoms with Gasteiger partial charge in [0.25, 0.3) is 5.96 Å². The molecule has 1 aromatic carbocycles. The van der Waals surface area contributed by atoms with Crippen LogP contribution in [0.3, 0.4) is 0 Å². The second kappa shape index (κ2) is 11.4. The van der Waals surface area contributed by atoms with Crippen molar-refractivity contribution in [2.24, 2.45) is 16.8 Å². The molecule has 0 atom stereocenters. The number of aliphatic imine (C=N–C) groups is 1. The Morgan fingerprint density at radius 3 is 2.35 bits per heavy atom. The van der Waals surface area contributed by atoms with Gasteiger partial charge in [-0.15, -0.1) is 0 Å². The number of benzene rings is 1. The zero-order valence-electron chi connectivity index (χ0n) is 15.5. The highest BCUT2D eigenvalue weighted by molar-refractivity contribution is 6.38. The highest BCUT2D eigenvalue weighted by atomic mass is 35.5. The molecule has 7 heteroatoms. The number of guanidine groups is 1. The van der Waals surface area contributed by atoms with E-state index in [-0.39, 0.29) is 13.3 Å². The Morgan fingerprint density at radius 1 is 1.27 bits per heavy atom. The molecule has 4 N–H and O–H groups in total. The quantitative estimate of drug-likeness (QED) is 0.530. The number of carboxylic acids is 1. The van der Waals surface area contributed by atoms with Gasteiger partial charge < -0.3 is 17.8 Å². The summed E-state index contributed by atoms with van der Waals surface area (Å²) in [6.45, 7) is 3.88. The summed E-state index contributed by atoms with van der Waals surface area (Å²) in [5.41, 5.74) is 0.823. The lowest BCUT2D eigenvalue weighted by atomic mass is 9.81. The smallest absolute Gasteiger partial charge is 0.306 e. The van der Waals surface area contributed by atoms with Crippen LogP contribution in [0.15, 0.2) is 23.2 Å². The molecule has 1 saturated carbocycles. The number of nitrogens with one attached hydrogen (secondary N) is 1. The van der Waals surface area contributed by atoms with E-state index < -0.39 is 5.97 Å². The number of rotatable bonds is 3. The van der Waals surface area contributed by atoms with E-state index >= 15 is 0 Å². The van der Waals surface area contributed by atoms with Crippen molar-refractivity contribution >= 4 is 40.8 Å². The summed E-state index contributed by atoms with van der Waals surface area (Å²) in [5.74, 6) is 1.00. The van der Waals surface area contributed by atoms with Gasteiger partial charge in [-0.25, -0.2) is 10.3 Å². The molecule has 0 spiro atoms. The van der Waals surface area contributed by atoms with Crippen LogP contribution in [0.1, 0.15) is 39.0 Å². The third kappa shape index (κ3) is 6.78. The first kappa shape index (κ1) is 22.7. The van der Waals surface area contributed by atoms with Crippen LogP contribution in [0, 0.1) is 19.3 Å². The average molecular weight is 402 g/mol. The lowest BCUT2D eigenvalue weighted by Gasteiger charge is -2.24. The number of hydrogen-bond donors (Lipinski definition) is 3. The predicted molar refractivity (Wildman–Crippen MR) is 108 cm³/mol. The lowest BCUT2D eigenvalue weighted by Crippen LogP contribution is -2.85. The monoisotopic (exact) mass is 401 g/mol. The SMILES string of the molecule is CCC1CCC(C(=O)O)CC1.Clc1cccc(Cl)c1[NH2+]C1=NCCN1.[CH3-]. The highest BCUT2D eigenvalue weighted by Gasteiger charge is 2.24. The van der Waals surface area contributed by atoms with Crippen LogP contribution in [-0.2, 0) is 4.79 Å². The van der Waals surface area contributed by atoms with Crippen LogP contribution in [0.5, 0.6) is 0 Å². The topological polar surface area (TPSA) is 78.3 Å². The van der Waals surface area contributed by atoms with E-state index in [9.17, 15) is 4.79 Å². The van der Waals surface area contributed by atoms with Gasteiger partial charge >= 0.3 is 5.97 Å². The summed E-state index contributed by atoms with van der Waals surface area (Å²) in [6.07, 6.45) is 5.24. The van der Waals surface area contributed by atoms with Gasteiger partial charge in [0.15, 0.2) is 5.69 Å². The van der Waals surface area contributed by atoms with Crippen molar-refractivity contribution in [3.63, 3.8) is 0 Å². The Morgan fingerprint density at radius 2 is 1.88 bits per heavy atom. The third-order valence-electron chi connectivity index (χ3n) is 4.75. The highest BCUT2D eigenvalue weighted by Crippen LogP contribution is 2.30. The van der Waals surface area contributed by atoms with Crippen LogP contribution in [0.2, 0.25) is 10.0 Å². The molecule has 0 saturated heterocycles. The van der Waals surface area contributed by atoms with Gasteiger partial charge in [0, 0.05) is 6.54 Å².